The van der Waals surface area contributed by atoms with E-state index in [1.807, 2.05) is 12.1 Å². The Morgan fingerprint density at radius 1 is 1.21 bits per heavy atom. The van der Waals surface area contributed by atoms with Crippen LogP contribution in [0.4, 0.5) is 0 Å². The molecule has 0 amide bonds. The summed E-state index contributed by atoms with van der Waals surface area (Å²) in [4.78, 5) is 13.6. The van der Waals surface area contributed by atoms with Gasteiger partial charge in [0.25, 0.3) is 0 Å². The monoisotopic (exact) mass is 261 g/mol. The molecule has 0 saturated heterocycles. The fourth-order valence-corrected chi connectivity index (χ4v) is 2.73. The molecule has 1 aromatic carbocycles. The van der Waals surface area contributed by atoms with Crippen molar-refractivity contribution in [3.05, 3.63) is 29.8 Å². The average Bonchev–Trinajstić information content (AvgIpc) is 2.42. The molecule has 19 heavy (non-hydrogen) atoms. The first kappa shape index (κ1) is 14.1. The highest BCUT2D eigenvalue weighted by molar-refractivity contribution is 5.79. The van der Waals surface area contributed by atoms with Gasteiger partial charge in [0.15, 0.2) is 0 Å². The van der Waals surface area contributed by atoms with Gasteiger partial charge in [0.05, 0.1) is 7.11 Å². The maximum absolute atomic E-state index is 11.2. The lowest BCUT2D eigenvalue weighted by molar-refractivity contribution is -0.121. The lowest BCUT2D eigenvalue weighted by Gasteiger charge is -2.26. The highest BCUT2D eigenvalue weighted by Crippen LogP contribution is 2.22. The van der Waals surface area contributed by atoms with Crippen molar-refractivity contribution in [3.63, 3.8) is 0 Å². The van der Waals surface area contributed by atoms with Gasteiger partial charge >= 0.3 is 0 Å². The van der Waals surface area contributed by atoms with Crippen LogP contribution in [0.5, 0.6) is 5.75 Å². The van der Waals surface area contributed by atoms with Crippen molar-refractivity contribution >= 4 is 5.78 Å². The molecule has 1 aromatic rings. The number of Topliss-reactive ketones (excluding diaryl/α,β-unsaturated/α-hetero) is 1. The van der Waals surface area contributed by atoms with E-state index in [-0.39, 0.29) is 0 Å². The van der Waals surface area contributed by atoms with Crippen molar-refractivity contribution in [1.29, 1.82) is 0 Å². The molecule has 0 aliphatic heterocycles. The summed E-state index contributed by atoms with van der Waals surface area (Å²) in [6.45, 7) is 2.04. The first-order chi connectivity index (χ1) is 9.17. The molecule has 0 N–H and O–H groups in total. The topological polar surface area (TPSA) is 29.5 Å². The van der Waals surface area contributed by atoms with Crippen LogP contribution in [0.25, 0.3) is 0 Å². The van der Waals surface area contributed by atoms with Crippen LogP contribution in [0, 0.1) is 5.92 Å². The molecule has 0 spiro atoms. The summed E-state index contributed by atoms with van der Waals surface area (Å²) in [5.41, 5.74) is 1.30. The molecule has 0 radical (unpaired) electrons. The fourth-order valence-electron chi connectivity index (χ4n) is 2.73. The van der Waals surface area contributed by atoms with Crippen molar-refractivity contribution < 1.29 is 9.53 Å². The Kier molecular flexibility index (Phi) is 4.97. The summed E-state index contributed by atoms with van der Waals surface area (Å²) in [5.74, 6) is 2.02. The van der Waals surface area contributed by atoms with Crippen LogP contribution in [0.3, 0.4) is 0 Å². The van der Waals surface area contributed by atoms with Crippen molar-refractivity contribution in [1.82, 2.24) is 4.90 Å². The van der Waals surface area contributed by atoms with Crippen LogP contribution in [0.15, 0.2) is 24.3 Å². The number of nitrogens with zero attached hydrogens (tertiary/aromatic N) is 1. The van der Waals surface area contributed by atoms with Crippen molar-refractivity contribution in [3.8, 4) is 5.75 Å². The van der Waals surface area contributed by atoms with Crippen LogP contribution in [-0.4, -0.2) is 31.4 Å². The number of benzene rings is 1. The fraction of sp³-hybridized carbons (Fsp3) is 0.562. The summed E-state index contributed by atoms with van der Waals surface area (Å²) in [5, 5.41) is 0. The number of rotatable bonds is 5. The molecule has 0 unspecified atom stereocenters. The quantitative estimate of drug-likeness (QED) is 0.816. The molecule has 0 bridgehead atoms. The molecule has 1 aliphatic rings. The third-order valence-electron chi connectivity index (χ3n) is 3.84. The molecular formula is C16H23NO2. The number of carbonyl (C=O) groups is 1. The second kappa shape index (κ2) is 6.71. The predicted octanol–water partition coefficient (Wildman–Crippen LogP) is 2.89. The van der Waals surface area contributed by atoms with Crippen molar-refractivity contribution in [2.45, 2.75) is 32.2 Å². The average molecular weight is 261 g/mol. The van der Waals surface area contributed by atoms with E-state index in [2.05, 4.69) is 24.1 Å². The predicted molar refractivity (Wildman–Crippen MR) is 76.3 cm³/mol. The maximum Gasteiger partial charge on any atom is 0.132 e. The zero-order chi connectivity index (χ0) is 13.7. The van der Waals surface area contributed by atoms with E-state index in [9.17, 15) is 4.79 Å². The lowest BCUT2D eigenvalue weighted by Crippen LogP contribution is -2.28. The molecular weight excluding hydrogens is 238 g/mol. The first-order valence-electron chi connectivity index (χ1n) is 7.00. The summed E-state index contributed by atoms with van der Waals surface area (Å²) >= 11 is 0. The van der Waals surface area contributed by atoms with Crippen molar-refractivity contribution in [2.24, 2.45) is 5.92 Å². The number of ether oxygens (including phenoxy) is 1. The molecule has 1 fully saturated rings. The molecule has 3 heteroatoms. The normalized spacial score (nSPS) is 16.9. The Labute approximate surface area is 115 Å². The van der Waals surface area contributed by atoms with Gasteiger partial charge in [-0.2, -0.15) is 0 Å². The second-order valence-electron chi connectivity index (χ2n) is 5.53. The standard InChI is InChI=1S/C16H23NO2/c1-17(11-13-3-7-15(18)8-4-13)12-14-5-9-16(19-2)10-6-14/h5-6,9-10,13H,3-4,7-8,11-12H2,1-2H3. The number of hydrogen-bond acceptors (Lipinski definition) is 3. The van der Waals surface area contributed by atoms with Gasteiger partial charge in [-0.3, -0.25) is 4.79 Å². The highest BCUT2D eigenvalue weighted by Gasteiger charge is 2.19. The van der Waals surface area contributed by atoms with Gasteiger partial charge in [-0.05, 0) is 43.5 Å². The largest absolute Gasteiger partial charge is 0.497 e. The Bertz CT molecular complexity index is 403. The summed E-state index contributed by atoms with van der Waals surface area (Å²) in [6, 6.07) is 8.23. The smallest absolute Gasteiger partial charge is 0.132 e. The van der Waals surface area contributed by atoms with E-state index in [0.717, 1.165) is 44.5 Å². The molecule has 3 nitrogen and oxygen atoms in total. The first-order valence-corrected chi connectivity index (χ1v) is 7.00. The minimum Gasteiger partial charge on any atom is -0.497 e. The van der Waals surface area contributed by atoms with Gasteiger partial charge in [-0.1, -0.05) is 12.1 Å². The van der Waals surface area contributed by atoms with Crippen molar-refractivity contribution in [2.75, 3.05) is 20.7 Å². The molecule has 0 atom stereocenters. The maximum atomic E-state index is 11.2. The van der Waals surface area contributed by atoms with Gasteiger partial charge in [0.2, 0.25) is 0 Å². The summed E-state index contributed by atoms with van der Waals surface area (Å²) in [6.07, 6.45) is 3.68. The van der Waals surface area contributed by atoms with Crippen LogP contribution in [-0.2, 0) is 11.3 Å². The van der Waals surface area contributed by atoms with E-state index >= 15 is 0 Å². The minimum atomic E-state index is 0.439. The third-order valence-corrected chi connectivity index (χ3v) is 3.84. The van der Waals surface area contributed by atoms with E-state index in [4.69, 9.17) is 4.74 Å². The van der Waals surface area contributed by atoms with Crippen LogP contribution in [0.1, 0.15) is 31.2 Å². The Hall–Kier alpha value is -1.35. The van der Waals surface area contributed by atoms with E-state index < -0.39 is 0 Å². The van der Waals surface area contributed by atoms with Gasteiger partial charge in [-0.15, -0.1) is 0 Å². The molecule has 1 saturated carbocycles. The number of methoxy groups -OCH3 is 1. The van der Waals surface area contributed by atoms with E-state index in [1.54, 1.807) is 7.11 Å². The lowest BCUT2D eigenvalue weighted by atomic mass is 9.88. The second-order valence-corrected chi connectivity index (χ2v) is 5.53. The van der Waals surface area contributed by atoms with Gasteiger partial charge < -0.3 is 9.64 Å². The number of carbonyl (C=O) groups excluding carboxylic acids is 1. The van der Waals surface area contributed by atoms with Gasteiger partial charge in [0, 0.05) is 25.9 Å². The van der Waals surface area contributed by atoms with E-state index in [1.165, 1.54) is 5.56 Å². The Balaban J connectivity index is 1.79. The molecule has 1 aliphatic carbocycles. The third kappa shape index (κ3) is 4.35. The molecule has 0 heterocycles. The zero-order valence-corrected chi connectivity index (χ0v) is 11.9. The van der Waals surface area contributed by atoms with Crippen LogP contribution in [0.2, 0.25) is 0 Å². The number of hydrogen-bond donors (Lipinski definition) is 0. The summed E-state index contributed by atoms with van der Waals surface area (Å²) < 4.78 is 5.16. The zero-order valence-electron chi connectivity index (χ0n) is 11.9. The number of ketones is 1. The molecule has 0 aromatic heterocycles. The molecule has 2 rings (SSSR count). The summed E-state index contributed by atoms with van der Waals surface area (Å²) in [7, 11) is 3.84. The van der Waals surface area contributed by atoms with Crippen LogP contribution < -0.4 is 4.74 Å². The minimum absolute atomic E-state index is 0.439. The molecule has 104 valence electrons. The van der Waals surface area contributed by atoms with Gasteiger partial charge in [0.1, 0.15) is 11.5 Å². The Morgan fingerprint density at radius 2 is 1.84 bits per heavy atom. The Morgan fingerprint density at radius 3 is 2.42 bits per heavy atom. The highest BCUT2D eigenvalue weighted by atomic mass is 16.5. The van der Waals surface area contributed by atoms with Gasteiger partial charge in [-0.25, -0.2) is 0 Å². The van der Waals surface area contributed by atoms with E-state index in [0.29, 0.717) is 11.7 Å². The van der Waals surface area contributed by atoms with Crippen LogP contribution >= 0.6 is 0 Å². The SMILES string of the molecule is COc1ccc(CN(C)CC2CCC(=O)CC2)cc1.